The first-order valence-corrected chi connectivity index (χ1v) is 7.09. The van der Waals surface area contributed by atoms with Gasteiger partial charge in [-0.25, -0.2) is 4.98 Å². The van der Waals surface area contributed by atoms with Gasteiger partial charge in [-0.2, -0.15) is 0 Å². The molecule has 4 nitrogen and oxygen atoms in total. The van der Waals surface area contributed by atoms with Crippen LogP contribution in [0.3, 0.4) is 0 Å². The van der Waals surface area contributed by atoms with Gasteiger partial charge in [0, 0.05) is 35.6 Å². The van der Waals surface area contributed by atoms with Gasteiger partial charge in [-0.15, -0.1) is 37.2 Å². The van der Waals surface area contributed by atoms with Crippen molar-refractivity contribution in [1.29, 1.82) is 0 Å². The molecule has 0 radical (unpaired) electrons. The highest BCUT2D eigenvalue weighted by atomic mass is 35.5. The van der Waals surface area contributed by atoms with Crippen LogP contribution in [0.4, 0.5) is 5.69 Å². The number of likely N-dealkylation sites (N-methyl/N-ethyl adjacent to an activating group) is 1. The predicted octanol–water partition coefficient (Wildman–Crippen LogP) is 4.23. The molecule has 0 bridgehead atoms. The van der Waals surface area contributed by atoms with Gasteiger partial charge >= 0.3 is 0 Å². The summed E-state index contributed by atoms with van der Waals surface area (Å²) in [6.07, 6.45) is 7.74. The number of rotatable bonds is 5. The van der Waals surface area contributed by atoms with E-state index in [4.69, 9.17) is 11.6 Å². The zero-order valence-corrected chi connectivity index (χ0v) is 15.8. The third kappa shape index (κ3) is 5.37. The zero-order chi connectivity index (χ0) is 14.0. The maximum atomic E-state index is 6.18. The smallest absolute Gasteiger partial charge is 0.137 e. The lowest BCUT2D eigenvalue weighted by Crippen LogP contribution is -2.34. The van der Waals surface area contributed by atoms with Gasteiger partial charge in [-0.3, -0.25) is 4.98 Å². The Morgan fingerprint density at radius 1 is 1.22 bits per heavy atom. The zero-order valence-electron chi connectivity index (χ0n) is 12.6. The lowest BCUT2D eigenvalue weighted by molar-refractivity contribution is 0.578. The van der Waals surface area contributed by atoms with E-state index in [1.807, 2.05) is 25.2 Å². The first-order valence-electron chi connectivity index (χ1n) is 6.71. The molecule has 128 valence electrons. The maximum Gasteiger partial charge on any atom is 0.137 e. The van der Waals surface area contributed by atoms with Crippen molar-refractivity contribution in [2.45, 2.75) is 18.4 Å². The number of nitrogens with one attached hydrogen (secondary N) is 2. The van der Waals surface area contributed by atoms with E-state index >= 15 is 0 Å². The highest BCUT2D eigenvalue weighted by molar-refractivity contribution is 6.32. The molecule has 2 aromatic rings. The van der Waals surface area contributed by atoms with Crippen LogP contribution in [0, 0.1) is 0 Å². The molecular weight excluding hydrogens is 378 g/mol. The van der Waals surface area contributed by atoms with Crippen molar-refractivity contribution < 1.29 is 0 Å². The highest BCUT2D eigenvalue weighted by Gasteiger charge is 2.40. The summed E-state index contributed by atoms with van der Waals surface area (Å²) in [7, 11) is 2.01. The standard InChI is InChI=1S/C15H17ClN4.3ClH/c1-17-15(4-5-15)10-20-12-7-13(14(16)19-9-12)11-3-2-6-18-8-11;;;/h2-3,6-9,17,20H,4-5,10H2,1H3;3*1H. The molecule has 0 unspecified atom stereocenters. The van der Waals surface area contributed by atoms with Crippen molar-refractivity contribution in [1.82, 2.24) is 15.3 Å². The Bertz CT molecular complexity index is 606. The molecule has 1 aliphatic carbocycles. The van der Waals surface area contributed by atoms with Crippen LogP contribution in [0.25, 0.3) is 11.1 Å². The fraction of sp³-hybridized carbons (Fsp3) is 0.333. The predicted molar refractivity (Wildman–Crippen MR) is 104 cm³/mol. The average Bonchev–Trinajstić information content (AvgIpc) is 3.28. The van der Waals surface area contributed by atoms with Gasteiger partial charge in [-0.05, 0) is 32.0 Å². The molecule has 1 fully saturated rings. The van der Waals surface area contributed by atoms with Crippen LogP contribution in [0.15, 0.2) is 36.8 Å². The molecule has 2 N–H and O–H groups in total. The van der Waals surface area contributed by atoms with Crippen LogP contribution in [0.5, 0.6) is 0 Å². The largest absolute Gasteiger partial charge is 0.382 e. The van der Waals surface area contributed by atoms with Crippen LogP contribution in [0.1, 0.15) is 12.8 Å². The summed E-state index contributed by atoms with van der Waals surface area (Å²) in [5, 5.41) is 7.29. The van der Waals surface area contributed by atoms with Gasteiger partial charge in [0.05, 0.1) is 11.9 Å². The Hall–Kier alpha value is -0.780. The van der Waals surface area contributed by atoms with Crippen LogP contribution in [-0.2, 0) is 0 Å². The minimum Gasteiger partial charge on any atom is -0.382 e. The molecule has 2 heterocycles. The summed E-state index contributed by atoms with van der Waals surface area (Å²) in [5.74, 6) is 0. The normalized spacial score (nSPS) is 13.8. The Morgan fingerprint density at radius 2 is 1.96 bits per heavy atom. The van der Waals surface area contributed by atoms with Crippen molar-refractivity contribution in [3.8, 4) is 11.1 Å². The molecule has 0 atom stereocenters. The molecule has 0 saturated heterocycles. The number of pyridine rings is 2. The molecule has 2 aromatic heterocycles. The first kappa shape index (κ1) is 22.2. The topological polar surface area (TPSA) is 49.8 Å². The summed E-state index contributed by atoms with van der Waals surface area (Å²) in [4.78, 5) is 8.38. The minimum absolute atomic E-state index is 0. The number of anilines is 1. The second-order valence-corrected chi connectivity index (χ2v) is 5.55. The second-order valence-electron chi connectivity index (χ2n) is 5.19. The van der Waals surface area contributed by atoms with Crippen LogP contribution in [-0.4, -0.2) is 29.1 Å². The molecule has 23 heavy (non-hydrogen) atoms. The van der Waals surface area contributed by atoms with E-state index in [0.29, 0.717) is 5.15 Å². The number of nitrogens with zero attached hydrogens (tertiary/aromatic N) is 2. The fourth-order valence-corrected chi connectivity index (χ4v) is 2.42. The molecule has 0 aliphatic heterocycles. The van der Waals surface area contributed by atoms with Crippen molar-refractivity contribution in [2.75, 3.05) is 18.9 Å². The van der Waals surface area contributed by atoms with Gasteiger partial charge < -0.3 is 10.6 Å². The summed E-state index contributed by atoms with van der Waals surface area (Å²) < 4.78 is 0. The summed E-state index contributed by atoms with van der Waals surface area (Å²) in [6.45, 7) is 0.902. The Kier molecular flexibility index (Phi) is 9.18. The Balaban J connectivity index is 0.00000161. The van der Waals surface area contributed by atoms with Crippen LogP contribution >= 0.6 is 48.8 Å². The number of aromatic nitrogens is 2. The second kappa shape index (κ2) is 9.50. The van der Waals surface area contributed by atoms with Gasteiger partial charge in [0.2, 0.25) is 0 Å². The van der Waals surface area contributed by atoms with E-state index in [2.05, 4.69) is 20.6 Å². The summed E-state index contributed by atoms with van der Waals surface area (Å²) >= 11 is 6.18. The molecular formula is C15H20Cl4N4. The molecule has 1 aliphatic rings. The molecule has 8 heteroatoms. The average molecular weight is 398 g/mol. The molecule has 0 aromatic carbocycles. The quantitative estimate of drug-likeness (QED) is 0.741. The monoisotopic (exact) mass is 396 g/mol. The number of halogens is 4. The van der Waals surface area contributed by atoms with E-state index in [9.17, 15) is 0 Å². The SMILES string of the molecule is CNC1(CNc2cnc(Cl)c(-c3cccnc3)c2)CC1.Cl.Cl.Cl. The Morgan fingerprint density at radius 3 is 2.52 bits per heavy atom. The van der Waals surface area contributed by atoms with Crippen molar-refractivity contribution in [3.05, 3.63) is 41.9 Å². The lowest BCUT2D eigenvalue weighted by atomic mass is 10.1. The maximum absolute atomic E-state index is 6.18. The highest BCUT2D eigenvalue weighted by Crippen LogP contribution is 2.35. The van der Waals surface area contributed by atoms with Crippen molar-refractivity contribution in [2.24, 2.45) is 0 Å². The molecule has 3 rings (SSSR count). The number of hydrogen-bond acceptors (Lipinski definition) is 4. The van der Waals surface area contributed by atoms with Gasteiger partial charge in [0.15, 0.2) is 0 Å². The fourth-order valence-electron chi connectivity index (χ4n) is 2.21. The van der Waals surface area contributed by atoms with E-state index in [-0.39, 0.29) is 42.8 Å². The van der Waals surface area contributed by atoms with Gasteiger partial charge in [-0.1, -0.05) is 17.7 Å². The minimum atomic E-state index is 0. The van der Waals surface area contributed by atoms with Gasteiger partial charge in [0.25, 0.3) is 0 Å². The molecule has 0 spiro atoms. The number of hydrogen-bond donors (Lipinski definition) is 2. The third-order valence-corrected chi connectivity index (χ3v) is 4.13. The van der Waals surface area contributed by atoms with Crippen molar-refractivity contribution in [3.63, 3.8) is 0 Å². The molecule has 1 saturated carbocycles. The first-order chi connectivity index (χ1) is 9.72. The third-order valence-electron chi connectivity index (χ3n) is 3.83. The summed E-state index contributed by atoms with van der Waals surface area (Å²) in [6, 6.07) is 5.90. The van der Waals surface area contributed by atoms with E-state index in [1.54, 1.807) is 18.6 Å². The van der Waals surface area contributed by atoms with Gasteiger partial charge in [0.1, 0.15) is 5.15 Å². The summed E-state index contributed by atoms with van der Waals surface area (Å²) in [5.41, 5.74) is 3.12. The van der Waals surface area contributed by atoms with Crippen LogP contribution < -0.4 is 10.6 Å². The van der Waals surface area contributed by atoms with E-state index < -0.39 is 0 Å². The molecule has 0 amide bonds. The van der Waals surface area contributed by atoms with Crippen molar-refractivity contribution >= 4 is 54.5 Å². The van der Waals surface area contributed by atoms with E-state index in [1.165, 1.54) is 12.8 Å². The van der Waals surface area contributed by atoms with E-state index in [0.717, 1.165) is 23.4 Å². The van der Waals surface area contributed by atoms with Crippen LogP contribution in [0.2, 0.25) is 5.15 Å². The lowest BCUT2D eigenvalue weighted by Gasteiger charge is -2.16. The Labute approximate surface area is 160 Å².